The van der Waals surface area contributed by atoms with Crippen LogP contribution in [0.1, 0.15) is 29.2 Å². The zero-order valence-corrected chi connectivity index (χ0v) is 14.9. The number of aromatic nitrogens is 3. The maximum absolute atomic E-state index is 12.4. The van der Waals surface area contributed by atoms with Crippen LogP contribution in [0.2, 0.25) is 0 Å². The van der Waals surface area contributed by atoms with Crippen LogP contribution in [0.15, 0.2) is 54.9 Å². The van der Waals surface area contributed by atoms with E-state index in [1.165, 1.54) is 0 Å². The fourth-order valence-electron chi connectivity index (χ4n) is 3.47. The molecule has 1 N–H and O–H groups in total. The standard InChI is InChI=1S/C20H21N5O2/c26-19(24-11-8-18(14-24)25-12-10-22-23-25)7-9-21-20(27)17-6-5-15-3-1-2-4-16(15)13-17/h1-6,10,12-13,18H,7-9,11,14H2,(H,21,27). The van der Waals surface area contributed by atoms with Crippen LogP contribution in [-0.4, -0.2) is 51.3 Å². The molecule has 2 heterocycles. The molecule has 1 fully saturated rings. The molecule has 138 valence electrons. The van der Waals surface area contributed by atoms with Gasteiger partial charge in [-0.2, -0.15) is 0 Å². The molecule has 27 heavy (non-hydrogen) atoms. The summed E-state index contributed by atoms with van der Waals surface area (Å²) in [6.45, 7) is 1.68. The molecule has 1 aliphatic rings. The van der Waals surface area contributed by atoms with Gasteiger partial charge in [-0.15, -0.1) is 5.10 Å². The summed E-state index contributed by atoms with van der Waals surface area (Å²) >= 11 is 0. The van der Waals surface area contributed by atoms with Crippen molar-refractivity contribution >= 4 is 22.6 Å². The predicted octanol–water partition coefficient (Wildman–Crippen LogP) is 2.02. The van der Waals surface area contributed by atoms with E-state index in [-0.39, 0.29) is 17.9 Å². The molecule has 7 heteroatoms. The number of carbonyl (C=O) groups is 2. The van der Waals surface area contributed by atoms with Crippen molar-refractivity contribution < 1.29 is 9.59 Å². The third kappa shape index (κ3) is 3.81. The van der Waals surface area contributed by atoms with E-state index in [1.807, 2.05) is 53.6 Å². The van der Waals surface area contributed by atoms with E-state index in [0.29, 0.717) is 31.6 Å². The molecule has 0 saturated carbocycles. The highest BCUT2D eigenvalue weighted by atomic mass is 16.2. The highest BCUT2D eigenvalue weighted by Gasteiger charge is 2.27. The molecule has 0 bridgehead atoms. The maximum atomic E-state index is 12.4. The predicted molar refractivity (Wildman–Crippen MR) is 101 cm³/mol. The number of hydrogen-bond acceptors (Lipinski definition) is 4. The Balaban J connectivity index is 1.27. The van der Waals surface area contributed by atoms with Gasteiger partial charge >= 0.3 is 0 Å². The summed E-state index contributed by atoms with van der Waals surface area (Å²) in [5.41, 5.74) is 0.605. The fourth-order valence-corrected chi connectivity index (χ4v) is 3.47. The number of fused-ring (bicyclic) bond motifs is 1. The largest absolute Gasteiger partial charge is 0.352 e. The average Bonchev–Trinajstić information content (AvgIpc) is 3.39. The summed E-state index contributed by atoms with van der Waals surface area (Å²) in [4.78, 5) is 26.6. The first kappa shape index (κ1) is 17.2. The summed E-state index contributed by atoms with van der Waals surface area (Å²) in [7, 11) is 0. The molecular weight excluding hydrogens is 342 g/mol. The Bertz CT molecular complexity index is 954. The lowest BCUT2D eigenvalue weighted by Gasteiger charge is -2.16. The average molecular weight is 363 g/mol. The van der Waals surface area contributed by atoms with Gasteiger partial charge in [0.1, 0.15) is 0 Å². The molecule has 4 rings (SSSR count). The highest BCUT2D eigenvalue weighted by Crippen LogP contribution is 2.20. The smallest absolute Gasteiger partial charge is 0.251 e. The zero-order valence-electron chi connectivity index (χ0n) is 14.9. The zero-order chi connectivity index (χ0) is 18.6. The Morgan fingerprint density at radius 2 is 2.00 bits per heavy atom. The van der Waals surface area contributed by atoms with Crippen LogP contribution in [0.3, 0.4) is 0 Å². The molecular formula is C20H21N5O2. The van der Waals surface area contributed by atoms with Crippen LogP contribution in [-0.2, 0) is 4.79 Å². The highest BCUT2D eigenvalue weighted by molar-refractivity contribution is 5.98. The van der Waals surface area contributed by atoms with Gasteiger partial charge in [0.05, 0.1) is 12.2 Å². The van der Waals surface area contributed by atoms with E-state index in [4.69, 9.17) is 0 Å². The van der Waals surface area contributed by atoms with E-state index < -0.39 is 0 Å². The van der Waals surface area contributed by atoms with Gasteiger partial charge in [0.15, 0.2) is 0 Å². The molecule has 1 unspecified atom stereocenters. The first-order valence-corrected chi connectivity index (χ1v) is 9.11. The number of amides is 2. The number of nitrogens with zero attached hydrogens (tertiary/aromatic N) is 4. The minimum absolute atomic E-state index is 0.0522. The number of hydrogen-bond donors (Lipinski definition) is 1. The van der Waals surface area contributed by atoms with Crippen LogP contribution in [0.25, 0.3) is 10.8 Å². The van der Waals surface area contributed by atoms with Crippen molar-refractivity contribution in [3.63, 3.8) is 0 Å². The molecule has 3 aromatic rings. The Morgan fingerprint density at radius 3 is 2.81 bits per heavy atom. The Hall–Kier alpha value is -3.22. The van der Waals surface area contributed by atoms with Crippen molar-refractivity contribution in [2.75, 3.05) is 19.6 Å². The molecule has 1 saturated heterocycles. The molecule has 0 aliphatic carbocycles. The molecule has 0 radical (unpaired) electrons. The molecule has 0 spiro atoms. The number of benzene rings is 2. The second-order valence-electron chi connectivity index (χ2n) is 6.73. The molecule has 2 amide bonds. The van der Waals surface area contributed by atoms with Crippen molar-refractivity contribution in [2.24, 2.45) is 0 Å². The van der Waals surface area contributed by atoms with Gasteiger partial charge in [0, 0.05) is 37.8 Å². The van der Waals surface area contributed by atoms with Crippen molar-refractivity contribution in [3.05, 3.63) is 60.4 Å². The van der Waals surface area contributed by atoms with Crippen LogP contribution in [0.4, 0.5) is 0 Å². The fraction of sp³-hybridized carbons (Fsp3) is 0.300. The second-order valence-corrected chi connectivity index (χ2v) is 6.73. The number of likely N-dealkylation sites (tertiary alicyclic amines) is 1. The lowest BCUT2D eigenvalue weighted by atomic mass is 10.1. The summed E-state index contributed by atoms with van der Waals surface area (Å²) in [5.74, 6) is -0.105. The van der Waals surface area contributed by atoms with Crippen molar-refractivity contribution in [3.8, 4) is 0 Å². The van der Waals surface area contributed by atoms with E-state index in [0.717, 1.165) is 17.2 Å². The van der Waals surface area contributed by atoms with Crippen molar-refractivity contribution in [2.45, 2.75) is 18.9 Å². The second kappa shape index (κ2) is 7.57. The topological polar surface area (TPSA) is 80.1 Å². The van der Waals surface area contributed by atoms with E-state index >= 15 is 0 Å². The van der Waals surface area contributed by atoms with E-state index in [1.54, 1.807) is 10.9 Å². The van der Waals surface area contributed by atoms with Crippen LogP contribution < -0.4 is 5.32 Å². The Kier molecular flexibility index (Phi) is 4.82. The molecule has 1 atom stereocenters. The van der Waals surface area contributed by atoms with Gasteiger partial charge in [0.25, 0.3) is 5.91 Å². The quantitative estimate of drug-likeness (QED) is 0.752. The number of carbonyl (C=O) groups excluding carboxylic acids is 2. The summed E-state index contributed by atoms with van der Waals surface area (Å²) in [5, 5.41) is 12.8. The maximum Gasteiger partial charge on any atom is 0.251 e. The Morgan fingerprint density at radius 1 is 1.15 bits per heavy atom. The minimum Gasteiger partial charge on any atom is -0.352 e. The SMILES string of the molecule is O=C(NCCC(=O)N1CCC(n2ccnn2)C1)c1ccc2ccccc2c1. The number of rotatable bonds is 5. The van der Waals surface area contributed by atoms with Gasteiger partial charge < -0.3 is 10.2 Å². The van der Waals surface area contributed by atoms with Crippen LogP contribution in [0.5, 0.6) is 0 Å². The Labute approximate surface area is 157 Å². The monoisotopic (exact) mass is 363 g/mol. The molecule has 7 nitrogen and oxygen atoms in total. The van der Waals surface area contributed by atoms with Crippen molar-refractivity contribution in [1.29, 1.82) is 0 Å². The summed E-state index contributed by atoms with van der Waals surface area (Å²) in [6, 6.07) is 13.7. The summed E-state index contributed by atoms with van der Waals surface area (Å²) < 4.78 is 1.80. The van der Waals surface area contributed by atoms with E-state index in [2.05, 4.69) is 15.6 Å². The van der Waals surface area contributed by atoms with E-state index in [9.17, 15) is 9.59 Å². The van der Waals surface area contributed by atoms with Gasteiger partial charge in [-0.25, -0.2) is 4.68 Å². The summed E-state index contributed by atoms with van der Waals surface area (Å²) in [6.07, 6.45) is 4.64. The first-order valence-electron chi connectivity index (χ1n) is 9.11. The lowest BCUT2D eigenvalue weighted by molar-refractivity contribution is -0.130. The molecule has 1 aromatic heterocycles. The lowest BCUT2D eigenvalue weighted by Crippen LogP contribution is -2.33. The third-order valence-corrected chi connectivity index (χ3v) is 4.97. The van der Waals surface area contributed by atoms with Gasteiger partial charge in [-0.3, -0.25) is 9.59 Å². The molecule has 1 aliphatic heterocycles. The van der Waals surface area contributed by atoms with Gasteiger partial charge in [-0.1, -0.05) is 35.5 Å². The van der Waals surface area contributed by atoms with Crippen LogP contribution in [0, 0.1) is 0 Å². The van der Waals surface area contributed by atoms with Gasteiger partial charge in [0.2, 0.25) is 5.91 Å². The van der Waals surface area contributed by atoms with Gasteiger partial charge in [-0.05, 0) is 29.3 Å². The third-order valence-electron chi connectivity index (χ3n) is 4.97. The minimum atomic E-state index is -0.157. The molecule has 2 aromatic carbocycles. The first-order chi connectivity index (χ1) is 13.2. The van der Waals surface area contributed by atoms with Crippen molar-refractivity contribution in [1.82, 2.24) is 25.2 Å². The van der Waals surface area contributed by atoms with Crippen LogP contribution >= 0.6 is 0 Å². The number of nitrogens with one attached hydrogen (secondary N) is 1. The normalized spacial score (nSPS) is 16.6.